The molecule has 1 aliphatic rings. The quantitative estimate of drug-likeness (QED) is 0.781. The third-order valence-corrected chi connectivity index (χ3v) is 3.65. The van der Waals surface area contributed by atoms with Crippen LogP contribution < -0.4 is 10.6 Å². The molecule has 0 heterocycles. The summed E-state index contributed by atoms with van der Waals surface area (Å²) < 4.78 is 37.2. The molecule has 1 saturated carbocycles. The van der Waals surface area contributed by atoms with E-state index in [-0.39, 0.29) is 18.6 Å². The van der Waals surface area contributed by atoms with E-state index in [4.69, 9.17) is 5.11 Å². The molecule has 21 heavy (non-hydrogen) atoms. The second-order valence-corrected chi connectivity index (χ2v) is 5.39. The minimum Gasteiger partial charge on any atom is -0.396 e. The van der Waals surface area contributed by atoms with Gasteiger partial charge in [-0.2, -0.15) is 13.2 Å². The van der Waals surface area contributed by atoms with Gasteiger partial charge in [0, 0.05) is 18.5 Å². The monoisotopic (exact) mass is 302 g/mol. The van der Waals surface area contributed by atoms with Gasteiger partial charge in [0.15, 0.2) is 0 Å². The van der Waals surface area contributed by atoms with Crippen molar-refractivity contribution in [2.45, 2.75) is 25.6 Å². The molecule has 3 N–H and O–H groups in total. The average Bonchev–Trinajstić information content (AvgIpc) is 3.23. The van der Waals surface area contributed by atoms with Gasteiger partial charge in [-0.3, -0.25) is 0 Å². The Morgan fingerprint density at radius 1 is 1.19 bits per heavy atom. The van der Waals surface area contributed by atoms with Crippen LogP contribution in [0.25, 0.3) is 0 Å². The number of amides is 2. The average molecular weight is 302 g/mol. The van der Waals surface area contributed by atoms with E-state index in [1.165, 1.54) is 12.1 Å². The second-order valence-electron chi connectivity index (χ2n) is 5.39. The lowest BCUT2D eigenvalue weighted by atomic mass is 10.1. The Kier molecular flexibility index (Phi) is 4.41. The van der Waals surface area contributed by atoms with Crippen LogP contribution in [0, 0.1) is 5.41 Å². The lowest BCUT2D eigenvalue weighted by Crippen LogP contribution is -2.39. The molecule has 0 atom stereocenters. The molecule has 4 nitrogen and oxygen atoms in total. The summed E-state index contributed by atoms with van der Waals surface area (Å²) in [6, 6.07) is 4.24. The standard InChI is InChI=1S/C14H17F3N2O2/c15-14(16,17)11-3-1-10(2-4-11)7-18-12(21)19-8-13(9-20)5-6-13/h1-4,20H,5-9H2,(H2,18,19,21). The summed E-state index contributed by atoms with van der Waals surface area (Å²) in [6.07, 6.45) is -2.57. The molecular weight excluding hydrogens is 285 g/mol. The second kappa shape index (κ2) is 5.93. The molecule has 0 radical (unpaired) electrons. The number of nitrogens with one attached hydrogen (secondary N) is 2. The maximum Gasteiger partial charge on any atom is 0.416 e. The van der Waals surface area contributed by atoms with Crippen LogP contribution in [0.3, 0.4) is 0 Å². The molecule has 116 valence electrons. The summed E-state index contributed by atoms with van der Waals surface area (Å²) in [5, 5.41) is 14.3. The van der Waals surface area contributed by atoms with Crippen LogP contribution in [0.2, 0.25) is 0 Å². The van der Waals surface area contributed by atoms with E-state index in [1.54, 1.807) is 0 Å². The zero-order valence-electron chi connectivity index (χ0n) is 11.3. The number of urea groups is 1. The molecule has 2 amide bonds. The van der Waals surface area contributed by atoms with E-state index >= 15 is 0 Å². The van der Waals surface area contributed by atoms with Crippen molar-refractivity contribution in [3.8, 4) is 0 Å². The lowest BCUT2D eigenvalue weighted by Gasteiger charge is -2.13. The molecule has 0 aliphatic heterocycles. The molecule has 1 fully saturated rings. The SMILES string of the molecule is O=C(NCc1ccc(C(F)(F)F)cc1)NCC1(CO)CC1. The molecule has 0 unspecified atom stereocenters. The number of carbonyl (C=O) groups is 1. The molecule has 0 spiro atoms. The lowest BCUT2D eigenvalue weighted by molar-refractivity contribution is -0.137. The van der Waals surface area contributed by atoms with E-state index in [0.29, 0.717) is 12.1 Å². The molecule has 1 aliphatic carbocycles. The van der Waals surface area contributed by atoms with Gasteiger partial charge in [0.25, 0.3) is 0 Å². The number of halogens is 3. The zero-order chi connectivity index (χ0) is 15.5. The number of carbonyl (C=O) groups excluding carboxylic acids is 1. The van der Waals surface area contributed by atoms with Crippen LogP contribution in [0.1, 0.15) is 24.0 Å². The Morgan fingerprint density at radius 3 is 2.29 bits per heavy atom. The number of rotatable bonds is 5. The molecule has 0 saturated heterocycles. The highest BCUT2D eigenvalue weighted by Gasteiger charge is 2.42. The highest BCUT2D eigenvalue weighted by molar-refractivity contribution is 5.73. The Bertz CT molecular complexity index is 496. The van der Waals surface area contributed by atoms with Crippen molar-refractivity contribution in [2.24, 2.45) is 5.41 Å². The first-order valence-corrected chi connectivity index (χ1v) is 6.63. The number of benzene rings is 1. The fourth-order valence-corrected chi connectivity index (χ4v) is 1.89. The van der Waals surface area contributed by atoms with Gasteiger partial charge < -0.3 is 15.7 Å². The Morgan fingerprint density at radius 2 is 1.81 bits per heavy atom. The number of hydrogen-bond acceptors (Lipinski definition) is 2. The fourth-order valence-electron chi connectivity index (χ4n) is 1.89. The van der Waals surface area contributed by atoms with Crippen molar-refractivity contribution in [1.29, 1.82) is 0 Å². The van der Waals surface area contributed by atoms with Crippen LogP contribution in [-0.4, -0.2) is 24.3 Å². The van der Waals surface area contributed by atoms with Crippen LogP contribution in [-0.2, 0) is 12.7 Å². The van der Waals surface area contributed by atoms with Gasteiger partial charge in [-0.25, -0.2) is 4.79 Å². The van der Waals surface area contributed by atoms with E-state index in [1.807, 2.05) is 0 Å². The minimum absolute atomic E-state index is 0.0478. The summed E-state index contributed by atoms with van der Waals surface area (Å²) in [4.78, 5) is 11.5. The first-order valence-electron chi connectivity index (χ1n) is 6.63. The van der Waals surface area contributed by atoms with Gasteiger partial charge in [-0.1, -0.05) is 12.1 Å². The van der Waals surface area contributed by atoms with Gasteiger partial charge in [-0.15, -0.1) is 0 Å². The summed E-state index contributed by atoms with van der Waals surface area (Å²) in [6.45, 7) is 0.602. The predicted molar refractivity (Wildman–Crippen MR) is 70.4 cm³/mol. The van der Waals surface area contributed by atoms with Gasteiger partial charge in [0.2, 0.25) is 0 Å². The molecule has 1 aromatic carbocycles. The summed E-state index contributed by atoms with van der Waals surface area (Å²) in [5.74, 6) is 0. The minimum atomic E-state index is -4.35. The van der Waals surface area contributed by atoms with E-state index in [0.717, 1.165) is 25.0 Å². The van der Waals surface area contributed by atoms with Crippen molar-refractivity contribution in [3.05, 3.63) is 35.4 Å². The molecule has 7 heteroatoms. The maximum absolute atomic E-state index is 12.4. The van der Waals surface area contributed by atoms with Crippen molar-refractivity contribution in [3.63, 3.8) is 0 Å². The van der Waals surface area contributed by atoms with E-state index < -0.39 is 17.8 Å². The highest BCUT2D eigenvalue weighted by atomic mass is 19.4. The smallest absolute Gasteiger partial charge is 0.396 e. The van der Waals surface area contributed by atoms with E-state index in [2.05, 4.69) is 10.6 Å². The first kappa shape index (κ1) is 15.6. The number of alkyl halides is 3. The number of hydrogen-bond donors (Lipinski definition) is 3. The van der Waals surface area contributed by atoms with Crippen LogP contribution in [0.4, 0.5) is 18.0 Å². The normalized spacial score (nSPS) is 16.4. The summed E-state index contributed by atoms with van der Waals surface area (Å²) in [7, 11) is 0. The molecule has 0 bridgehead atoms. The Labute approximate surface area is 120 Å². The van der Waals surface area contributed by atoms with Crippen molar-refractivity contribution in [2.75, 3.05) is 13.2 Å². The van der Waals surface area contributed by atoms with Crippen LogP contribution in [0.15, 0.2) is 24.3 Å². The van der Waals surface area contributed by atoms with Gasteiger partial charge >= 0.3 is 12.2 Å². The predicted octanol–water partition coefficient (Wildman–Crippen LogP) is 2.28. The third-order valence-electron chi connectivity index (χ3n) is 3.65. The van der Waals surface area contributed by atoms with Crippen molar-refractivity contribution < 1.29 is 23.1 Å². The number of aliphatic hydroxyl groups excluding tert-OH is 1. The number of aliphatic hydroxyl groups is 1. The molecule has 2 rings (SSSR count). The van der Waals surface area contributed by atoms with Crippen molar-refractivity contribution >= 4 is 6.03 Å². The molecule has 0 aromatic heterocycles. The van der Waals surface area contributed by atoms with Crippen LogP contribution in [0.5, 0.6) is 0 Å². The fraction of sp³-hybridized carbons (Fsp3) is 0.500. The Hall–Kier alpha value is -1.76. The topological polar surface area (TPSA) is 61.4 Å². The van der Waals surface area contributed by atoms with Gasteiger partial charge in [-0.05, 0) is 30.5 Å². The molecule has 1 aromatic rings. The van der Waals surface area contributed by atoms with Crippen LogP contribution >= 0.6 is 0 Å². The largest absolute Gasteiger partial charge is 0.416 e. The maximum atomic E-state index is 12.4. The highest BCUT2D eigenvalue weighted by Crippen LogP contribution is 2.44. The zero-order valence-corrected chi connectivity index (χ0v) is 11.3. The molecular formula is C14H17F3N2O2. The van der Waals surface area contributed by atoms with Crippen molar-refractivity contribution in [1.82, 2.24) is 10.6 Å². The summed E-state index contributed by atoms with van der Waals surface area (Å²) >= 11 is 0. The first-order chi connectivity index (χ1) is 9.85. The summed E-state index contributed by atoms with van der Waals surface area (Å²) in [5.41, 5.74) is -0.304. The van der Waals surface area contributed by atoms with E-state index in [9.17, 15) is 18.0 Å². The third kappa shape index (κ3) is 4.35. The van der Waals surface area contributed by atoms with Gasteiger partial charge in [0.1, 0.15) is 0 Å². The van der Waals surface area contributed by atoms with Gasteiger partial charge in [0.05, 0.1) is 12.2 Å². The Balaban J connectivity index is 1.76.